The summed E-state index contributed by atoms with van der Waals surface area (Å²) in [4.78, 5) is 15.2. The van der Waals surface area contributed by atoms with Crippen LogP contribution in [0.5, 0.6) is 5.75 Å². The van der Waals surface area contributed by atoms with E-state index in [4.69, 9.17) is 0 Å². The van der Waals surface area contributed by atoms with Gasteiger partial charge in [0.1, 0.15) is 16.5 Å². The van der Waals surface area contributed by atoms with Crippen LogP contribution in [0.4, 0.5) is 17.6 Å². The van der Waals surface area contributed by atoms with Crippen LogP contribution in [-0.4, -0.2) is 74.6 Å². The number of carbonyl (C=O) groups is 1. The van der Waals surface area contributed by atoms with Gasteiger partial charge in [0.05, 0.1) is 6.54 Å². The number of benzene rings is 2. The van der Waals surface area contributed by atoms with E-state index in [0.717, 1.165) is 10.4 Å². The minimum Gasteiger partial charge on any atom is -0.405 e. The predicted molar refractivity (Wildman–Crippen MR) is 111 cm³/mol. The lowest BCUT2D eigenvalue weighted by Gasteiger charge is -2.34. The van der Waals surface area contributed by atoms with Crippen LogP contribution in [0, 0.1) is 5.82 Å². The fourth-order valence-electron chi connectivity index (χ4n) is 3.51. The molecular formula is C21H23F4N3O4S. The van der Waals surface area contributed by atoms with E-state index < -0.39 is 27.1 Å². The van der Waals surface area contributed by atoms with Gasteiger partial charge in [-0.2, -0.15) is 4.31 Å². The van der Waals surface area contributed by atoms with E-state index in [1.807, 2.05) is 0 Å². The Morgan fingerprint density at radius 3 is 2.27 bits per heavy atom. The second-order valence-corrected chi connectivity index (χ2v) is 9.45. The summed E-state index contributed by atoms with van der Waals surface area (Å²) in [5.74, 6) is -1.47. The first-order valence-corrected chi connectivity index (χ1v) is 11.5. The molecule has 2 aromatic rings. The maximum Gasteiger partial charge on any atom is 0.573 e. The van der Waals surface area contributed by atoms with E-state index in [1.165, 1.54) is 41.3 Å². The summed E-state index contributed by atoms with van der Waals surface area (Å²) in [6, 6.07) is 10.8. The van der Waals surface area contributed by atoms with Gasteiger partial charge in [0.15, 0.2) is 0 Å². The molecule has 1 fully saturated rings. The number of halogens is 4. The monoisotopic (exact) mass is 489 g/mol. The molecule has 0 atom stereocenters. The highest BCUT2D eigenvalue weighted by Gasteiger charge is 2.33. The van der Waals surface area contributed by atoms with Crippen molar-refractivity contribution in [3.05, 3.63) is 59.9 Å². The van der Waals surface area contributed by atoms with Crippen LogP contribution in [0.15, 0.2) is 53.4 Å². The number of hydrogen-bond donors (Lipinski definition) is 0. The molecule has 0 radical (unpaired) electrons. The molecule has 1 heterocycles. The number of likely N-dealkylation sites (N-methyl/N-ethyl adjacent to an activating group) is 1. The standard InChI is InChI=1S/C21H23F4N3O4S/c1-26(14-16-6-2-4-8-18(16)32-21(23,24)25)15-20(29)27-10-12-28(13-11-27)33(30,31)19-9-5-3-7-17(19)22/h2-9H,10-15H2,1H3. The number of alkyl halides is 3. The van der Waals surface area contributed by atoms with Gasteiger partial charge in [0.2, 0.25) is 15.9 Å². The molecule has 1 amide bonds. The van der Waals surface area contributed by atoms with Crippen molar-refractivity contribution in [3.63, 3.8) is 0 Å². The SMILES string of the molecule is CN(CC(=O)N1CCN(S(=O)(=O)c2ccccc2F)CC1)Cc1ccccc1OC(F)(F)F. The zero-order chi connectivity index (χ0) is 24.2. The van der Waals surface area contributed by atoms with Gasteiger partial charge in [0.25, 0.3) is 0 Å². The maximum absolute atomic E-state index is 13.9. The molecule has 0 aromatic heterocycles. The van der Waals surface area contributed by atoms with Crippen LogP contribution >= 0.6 is 0 Å². The Morgan fingerprint density at radius 1 is 1.03 bits per heavy atom. The third-order valence-corrected chi connectivity index (χ3v) is 7.02. The molecule has 0 aliphatic carbocycles. The van der Waals surface area contributed by atoms with Crippen LogP contribution in [0.2, 0.25) is 0 Å². The molecule has 1 saturated heterocycles. The first kappa shape index (κ1) is 24.9. The summed E-state index contributed by atoms with van der Waals surface area (Å²) in [5, 5.41) is 0. The van der Waals surface area contributed by atoms with Gasteiger partial charge in [-0.15, -0.1) is 13.2 Å². The molecular weight excluding hydrogens is 466 g/mol. The second kappa shape index (κ2) is 10.1. The number of rotatable bonds is 7. The fourth-order valence-corrected chi connectivity index (χ4v) is 4.99. The van der Waals surface area contributed by atoms with Crippen molar-refractivity contribution in [2.75, 3.05) is 39.8 Å². The van der Waals surface area contributed by atoms with Crippen molar-refractivity contribution in [2.45, 2.75) is 17.8 Å². The molecule has 0 spiro atoms. The normalized spacial score (nSPS) is 15.6. The summed E-state index contributed by atoms with van der Waals surface area (Å²) in [6.45, 7) is 0.213. The third kappa shape index (κ3) is 6.42. The Labute approximate surface area is 189 Å². The van der Waals surface area contributed by atoms with Gasteiger partial charge in [-0.25, -0.2) is 12.8 Å². The zero-order valence-corrected chi connectivity index (χ0v) is 18.6. The molecule has 3 rings (SSSR count). The van der Waals surface area contributed by atoms with E-state index >= 15 is 0 Å². The number of piperazine rings is 1. The first-order chi connectivity index (χ1) is 15.5. The van der Waals surface area contributed by atoms with Crippen LogP contribution < -0.4 is 4.74 Å². The molecule has 0 bridgehead atoms. The number of sulfonamides is 1. The molecule has 7 nitrogen and oxygen atoms in total. The number of para-hydroxylation sites is 1. The molecule has 0 saturated carbocycles. The number of ether oxygens (including phenoxy) is 1. The summed E-state index contributed by atoms with van der Waals surface area (Å²) in [7, 11) is -2.44. The van der Waals surface area contributed by atoms with Gasteiger partial charge in [-0.3, -0.25) is 9.69 Å². The lowest BCUT2D eigenvalue weighted by molar-refractivity contribution is -0.275. The van der Waals surface area contributed by atoms with Crippen molar-refractivity contribution in [1.29, 1.82) is 0 Å². The molecule has 33 heavy (non-hydrogen) atoms. The average Bonchev–Trinajstić information content (AvgIpc) is 2.74. The summed E-state index contributed by atoms with van der Waals surface area (Å²) < 4.78 is 82.2. The first-order valence-electron chi connectivity index (χ1n) is 10.0. The highest BCUT2D eigenvalue weighted by Crippen LogP contribution is 2.27. The van der Waals surface area contributed by atoms with Gasteiger partial charge >= 0.3 is 6.36 Å². The number of nitrogens with zero attached hydrogens (tertiary/aromatic N) is 3. The largest absolute Gasteiger partial charge is 0.573 e. The number of carbonyl (C=O) groups excluding carboxylic acids is 1. The lowest BCUT2D eigenvalue weighted by atomic mass is 10.2. The van der Waals surface area contributed by atoms with E-state index in [2.05, 4.69) is 4.74 Å². The van der Waals surface area contributed by atoms with E-state index in [9.17, 15) is 30.8 Å². The smallest absolute Gasteiger partial charge is 0.405 e. The zero-order valence-electron chi connectivity index (χ0n) is 17.8. The minimum atomic E-state index is -4.83. The van der Waals surface area contributed by atoms with Crippen LogP contribution in [0.3, 0.4) is 0 Å². The fraction of sp³-hybridized carbons (Fsp3) is 0.381. The Hall–Kier alpha value is -2.70. The molecule has 2 aromatic carbocycles. The van der Waals surface area contributed by atoms with Gasteiger partial charge in [-0.05, 0) is 25.2 Å². The molecule has 12 heteroatoms. The summed E-state index contributed by atoms with van der Waals surface area (Å²) in [5.41, 5.74) is 0.269. The van der Waals surface area contributed by atoms with Crippen molar-refractivity contribution >= 4 is 15.9 Å². The van der Waals surface area contributed by atoms with E-state index in [1.54, 1.807) is 18.0 Å². The minimum absolute atomic E-state index is 0.00831. The highest BCUT2D eigenvalue weighted by atomic mass is 32.2. The topological polar surface area (TPSA) is 70.2 Å². The molecule has 180 valence electrons. The van der Waals surface area contributed by atoms with Crippen molar-refractivity contribution in [3.8, 4) is 5.75 Å². The second-order valence-electron chi connectivity index (χ2n) is 7.54. The Kier molecular flexibility index (Phi) is 7.60. The summed E-state index contributed by atoms with van der Waals surface area (Å²) >= 11 is 0. The highest BCUT2D eigenvalue weighted by molar-refractivity contribution is 7.89. The van der Waals surface area contributed by atoms with Gasteiger partial charge < -0.3 is 9.64 Å². The predicted octanol–water partition coefficient (Wildman–Crippen LogP) is 2.69. The van der Waals surface area contributed by atoms with Crippen molar-refractivity contribution < 1.29 is 35.5 Å². The molecule has 0 N–H and O–H groups in total. The van der Waals surface area contributed by atoms with E-state index in [0.29, 0.717) is 0 Å². The maximum atomic E-state index is 13.9. The Balaban J connectivity index is 1.56. The average molecular weight is 489 g/mol. The lowest BCUT2D eigenvalue weighted by Crippen LogP contribution is -2.52. The van der Waals surface area contributed by atoms with Crippen molar-refractivity contribution in [2.24, 2.45) is 0 Å². The van der Waals surface area contributed by atoms with Crippen LogP contribution in [-0.2, 0) is 21.4 Å². The van der Waals surface area contributed by atoms with Gasteiger partial charge in [-0.1, -0.05) is 30.3 Å². The quantitative estimate of drug-likeness (QED) is 0.560. The van der Waals surface area contributed by atoms with Crippen LogP contribution in [0.25, 0.3) is 0 Å². The third-order valence-electron chi connectivity index (χ3n) is 5.09. The Bertz CT molecular complexity index is 1090. The number of amides is 1. The van der Waals surface area contributed by atoms with Gasteiger partial charge in [0, 0.05) is 38.3 Å². The Morgan fingerprint density at radius 2 is 1.64 bits per heavy atom. The molecule has 1 aliphatic rings. The number of hydrogen-bond acceptors (Lipinski definition) is 5. The van der Waals surface area contributed by atoms with Crippen LogP contribution in [0.1, 0.15) is 5.56 Å². The molecule has 0 unspecified atom stereocenters. The molecule has 1 aliphatic heterocycles. The van der Waals surface area contributed by atoms with Crippen molar-refractivity contribution in [1.82, 2.24) is 14.1 Å². The van der Waals surface area contributed by atoms with E-state index in [-0.39, 0.29) is 56.5 Å². The summed E-state index contributed by atoms with van der Waals surface area (Å²) in [6.07, 6.45) is -4.83.